The SMILES string of the molecule is CC1CC(C(=O)O)CCC1CC1CCC(C(=O)O)CC1C. The molecule has 0 amide bonds. The molecule has 0 aromatic rings. The Hall–Kier alpha value is -1.06. The monoisotopic (exact) mass is 296 g/mol. The van der Waals surface area contributed by atoms with E-state index >= 15 is 0 Å². The van der Waals surface area contributed by atoms with Crippen molar-refractivity contribution in [3.8, 4) is 0 Å². The van der Waals surface area contributed by atoms with Crippen LogP contribution >= 0.6 is 0 Å². The Morgan fingerprint density at radius 1 is 0.810 bits per heavy atom. The van der Waals surface area contributed by atoms with Crippen LogP contribution in [0.3, 0.4) is 0 Å². The van der Waals surface area contributed by atoms with Crippen molar-refractivity contribution >= 4 is 11.9 Å². The van der Waals surface area contributed by atoms with Gasteiger partial charge in [0.2, 0.25) is 0 Å². The maximum Gasteiger partial charge on any atom is 0.306 e. The first-order chi connectivity index (χ1) is 9.88. The molecule has 2 N–H and O–H groups in total. The van der Waals surface area contributed by atoms with Gasteiger partial charge in [0, 0.05) is 0 Å². The highest BCUT2D eigenvalue weighted by atomic mass is 16.4. The second-order valence-corrected chi connectivity index (χ2v) is 7.41. The summed E-state index contributed by atoms with van der Waals surface area (Å²) in [6.45, 7) is 4.38. The van der Waals surface area contributed by atoms with Gasteiger partial charge in [-0.2, -0.15) is 0 Å². The number of carboxylic acid groups (broad SMARTS) is 2. The average Bonchev–Trinajstić information content (AvgIpc) is 2.42. The number of hydrogen-bond acceptors (Lipinski definition) is 2. The molecular formula is C17H28O4. The summed E-state index contributed by atoms with van der Waals surface area (Å²) in [4.78, 5) is 22.2. The number of carboxylic acids is 2. The van der Waals surface area contributed by atoms with E-state index in [0.29, 0.717) is 23.7 Å². The molecule has 0 heterocycles. The van der Waals surface area contributed by atoms with Crippen LogP contribution < -0.4 is 0 Å². The zero-order valence-corrected chi connectivity index (χ0v) is 13.1. The lowest BCUT2D eigenvalue weighted by Gasteiger charge is -2.39. The topological polar surface area (TPSA) is 74.6 Å². The first-order valence-electron chi connectivity index (χ1n) is 8.34. The van der Waals surface area contributed by atoms with Crippen LogP contribution in [0.25, 0.3) is 0 Å². The Kier molecular flexibility index (Phi) is 5.28. The molecule has 4 heteroatoms. The highest BCUT2D eigenvalue weighted by Gasteiger charge is 2.36. The Bertz CT molecular complexity index is 356. The molecule has 120 valence electrons. The predicted octanol–water partition coefficient (Wildman–Crippen LogP) is 3.65. The van der Waals surface area contributed by atoms with Gasteiger partial charge in [0.1, 0.15) is 0 Å². The first-order valence-corrected chi connectivity index (χ1v) is 8.34. The van der Waals surface area contributed by atoms with Gasteiger partial charge >= 0.3 is 11.9 Å². The molecule has 2 aliphatic carbocycles. The molecule has 0 aromatic carbocycles. The molecule has 0 spiro atoms. The summed E-state index contributed by atoms with van der Waals surface area (Å²) in [5.74, 6) is 0.594. The lowest BCUT2D eigenvalue weighted by atomic mass is 9.66. The van der Waals surface area contributed by atoms with Crippen LogP contribution in [-0.2, 0) is 9.59 Å². The maximum atomic E-state index is 11.1. The fourth-order valence-corrected chi connectivity index (χ4v) is 4.46. The second kappa shape index (κ2) is 6.80. The summed E-state index contributed by atoms with van der Waals surface area (Å²) in [5.41, 5.74) is 0. The van der Waals surface area contributed by atoms with Gasteiger partial charge in [-0.15, -0.1) is 0 Å². The standard InChI is InChI=1S/C17H28O4/c1-10-7-14(16(18)19)5-3-12(10)9-13-4-6-15(17(20)21)8-11(13)2/h10-15H,3-9H2,1-2H3,(H,18,19)(H,20,21). The predicted molar refractivity (Wildman–Crippen MR) is 79.9 cm³/mol. The van der Waals surface area contributed by atoms with Crippen LogP contribution in [0.2, 0.25) is 0 Å². The lowest BCUT2D eigenvalue weighted by molar-refractivity contribution is -0.144. The second-order valence-electron chi connectivity index (χ2n) is 7.41. The Balaban J connectivity index is 1.85. The van der Waals surface area contributed by atoms with E-state index in [1.807, 2.05) is 0 Å². The van der Waals surface area contributed by atoms with Crippen molar-refractivity contribution in [2.45, 2.75) is 58.8 Å². The number of aliphatic carboxylic acids is 2. The Morgan fingerprint density at radius 3 is 1.48 bits per heavy atom. The third-order valence-corrected chi connectivity index (χ3v) is 6.00. The third-order valence-electron chi connectivity index (χ3n) is 6.00. The maximum absolute atomic E-state index is 11.1. The molecule has 0 bridgehead atoms. The molecule has 4 nitrogen and oxygen atoms in total. The highest BCUT2D eigenvalue weighted by molar-refractivity contribution is 5.70. The van der Waals surface area contributed by atoms with E-state index in [9.17, 15) is 9.59 Å². The van der Waals surface area contributed by atoms with Crippen LogP contribution in [0, 0.1) is 35.5 Å². The van der Waals surface area contributed by atoms with Crippen LogP contribution in [0.15, 0.2) is 0 Å². The third kappa shape index (κ3) is 3.98. The molecule has 2 fully saturated rings. The van der Waals surface area contributed by atoms with Crippen molar-refractivity contribution in [3.63, 3.8) is 0 Å². The van der Waals surface area contributed by atoms with Crippen LogP contribution in [0.1, 0.15) is 58.8 Å². The van der Waals surface area contributed by atoms with E-state index in [0.717, 1.165) is 44.9 Å². The van der Waals surface area contributed by atoms with Gasteiger partial charge in [0.25, 0.3) is 0 Å². The van der Waals surface area contributed by atoms with Gasteiger partial charge in [-0.05, 0) is 68.6 Å². The van der Waals surface area contributed by atoms with Crippen molar-refractivity contribution in [2.75, 3.05) is 0 Å². The van der Waals surface area contributed by atoms with Gasteiger partial charge in [-0.1, -0.05) is 13.8 Å². The number of hydrogen-bond donors (Lipinski definition) is 2. The normalized spacial score (nSPS) is 40.7. The zero-order valence-electron chi connectivity index (χ0n) is 13.1. The molecule has 2 aliphatic rings. The minimum atomic E-state index is -0.643. The largest absolute Gasteiger partial charge is 0.481 e. The number of carbonyl (C=O) groups is 2. The van der Waals surface area contributed by atoms with Gasteiger partial charge < -0.3 is 10.2 Å². The molecule has 0 saturated heterocycles. The Labute approximate surface area is 126 Å². The van der Waals surface area contributed by atoms with Gasteiger partial charge in [-0.3, -0.25) is 9.59 Å². The molecule has 6 unspecified atom stereocenters. The minimum absolute atomic E-state index is 0.156. The first kappa shape index (κ1) is 16.3. The fraction of sp³-hybridized carbons (Fsp3) is 0.882. The molecule has 0 aromatic heterocycles. The molecule has 0 radical (unpaired) electrons. The molecular weight excluding hydrogens is 268 g/mol. The zero-order chi connectivity index (χ0) is 15.6. The van der Waals surface area contributed by atoms with Crippen LogP contribution in [0.4, 0.5) is 0 Å². The van der Waals surface area contributed by atoms with E-state index in [1.54, 1.807) is 0 Å². The average molecular weight is 296 g/mol. The van der Waals surface area contributed by atoms with Gasteiger partial charge in [0.05, 0.1) is 11.8 Å². The molecule has 21 heavy (non-hydrogen) atoms. The summed E-state index contributed by atoms with van der Waals surface area (Å²) in [6, 6.07) is 0. The summed E-state index contributed by atoms with van der Waals surface area (Å²) < 4.78 is 0. The van der Waals surface area contributed by atoms with Crippen molar-refractivity contribution in [2.24, 2.45) is 35.5 Å². The van der Waals surface area contributed by atoms with E-state index in [4.69, 9.17) is 10.2 Å². The summed E-state index contributed by atoms with van der Waals surface area (Å²) >= 11 is 0. The van der Waals surface area contributed by atoms with E-state index in [1.165, 1.54) is 0 Å². The minimum Gasteiger partial charge on any atom is -0.481 e. The lowest BCUT2D eigenvalue weighted by Crippen LogP contribution is -2.32. The molecule has 2 rings (SSSR count). The van der Waals surface area contributed by atoms with Crippen molar-refractivity contribution in [1.82, 2.24) is 0 Å². The number of rotatable bonds is 4. The highest BCUT2D eigenvalue weighted by Crippen LogP contribution is 2.43. The quantitative estimate of drug-likeness (QED) is 0.830. The molecule has 2 saturated carbocycles. The van der Waals surface area contributed by atoms with Crippen LogP contribution in [-0.4, -0.2) is 22.2 Å². The summed E-state index contributed by atoms with van der Waals surface area (Å²) in [7, 11) is 0. The summed E-state index contributed by atoms with van der Waals surface area (Å²) in [5, 5.41) is 18.3. The smallest absolute Gasteiger partial charge is 0.306 e. The van der Waals surface area contributed by atoms with Crippen molar-refractivity contribution < 1.29 is 19.8 Å². The fourth-order valence-electron chi connectivity index (χ4n) is 4.46. The van der Waals surface area contributed by atoms with E-state index < -0.39 is 11.9 Å². The Morgan fingerprint density at radius 2 is 1.19 bits per heavy atom. The van der Waals surface area contributed by atoms with Crippen LogP contribution in [0.5, 0.6) is 0 Å². The van der Waals surface area contributed by atoms with Gasteiger partial charge in [-0.25, -0.2) is 0 Å². The van der Waals surface area contributed by atoms with Gasteiger partial charge in [0.15, 0.2) is 0 Å². The van der Waals surface area contributed by atoms with Crippen molar-refractivity contribution in [1.29, 1.82) is 0 Å². The van der Waals surface area contributed by atoms with E-state index in [-0.39, 0.29) is 11.8 Å². The summed E-state index contributed by atoms with van der Waals surface area (Å²) in [6.07, 6.45) is 6.42. The van der Waals surface area contributed by atoms with Crippen molar-refractivity contribution in [3.05, 3.63) is 0 Å². The molecule has 0 aliphatic heterocycles. The molecule has 6 atom stereocenters. The van der Waals surface area contributed by atoms with E-state index in [2.05, 4.69) is 13.8 Å².